The highest BCUT2D eigenvalue weighted by Gasteiger charge is 2.08. The van der Waals surface area contributed by atoms with Gasteiger partial charge in [0.05, 0.1) is 5.02 Å². The molecule has 0 heterocycles. The number of benzene rings is 2. The van der Waals surface area contributed by atoms with Gasteiger partial charge in [0.2, 0.25) is 0 Å². The third-order valence-corrected chi connectivity index (χ3v) is 4.70. The standard InChI is InChI=1S/C13H11BrClNS/c14-10-4-3-7-12(9(10)8-16)17-13-6-2-1-5-11(13)15/h1-7H,8,16H2. The molecule has 0 saturated carbocycles. The summed E-state index contributed by atoms with van der Waals surface area (Å²) in [6.45, 7) is 0.508. The Bertz CT molecular complexity index is 531. The first-order chi connectivity index (χ1) is 8.22. The van der Waals surface area contributed by atoms with E-state index in [9.17, 15) is 0 Å². The maximum atomic E-state index is 6.15. The Labute approximate surface area is 118 Å². The lowest BCUT2D eigenvalue weighted by molar-refractivity contribution is 1.02. The van der Waals surface area contributed by atoms with Gasteiger partial charge in [0.15, 0.2) is 0 Å². The molecule has 0 aromatic heterocycles. The van der Waals surface area contributed by atoms with Gasteiger partial charge in [-0.1, -0.05) is 57.5 Å². The lowest BCUT2D eigenvalue weighted by Crippen LogP contribution is -1.99. The van der Waals surface area contributed by atoms with E-state index in [1.165, 1.54) is 0 Å². The molecule has 0 aliphatic carbocycles. The van der Waals surface area contributed by atoms with Crippen LogP contribution in [0.4, 0.5) is 0 Å². The topological polar surface area (TPSA) is 26.0 Å². The van der Waals surface area contributed by atoms with Gasteiger partial charge in [-0.05, 0) is 29.8 Å². The Morgan fingerprint density at radius 1 is 1.06 bits per heavy atom. The van der Waals surface area contributed by atoms with Crippen LogP contribution in [0.3, 0.4) is 0 Å². The van der Waals surface area contributed by atoms with Crippen molar-refractivity contribution in [2.24, 2.45) is 5.73 Å². The molecule has 0 aliphatic rings. The summed E-state index contributed by atoms with van der Waals surface area (Å²) in [7, 11) is 0. The molecule has 2 rings (SSSR count). The highest BCUT2D eigenvalue weighted by molar-refractivity contribution is 9.10. The van der Waals surface area contributed by atoms with Crippen LogP contribution in [0.2, 0.25) is 5.02 Å². The molecule has 0 atom stereocenters. The van der Waals surface area contributed by atoms with Crippen LogP contribution in [-0.4, -0.2) is 0 Å². The van der Waals surface area contributed by atoms with Crippen LogP contribution in [-0.2, 0) is 6.54 Å². The Balaban J connectivity index is 2.37. The molecule has 88 valence electrons. The van der Waals surface area contributed by atoms with Gasteiger partial charge in [-0.3, -0.25) is 0 Å². The van der Waals surface area contributed by atoms with Crippen molar-refractivity contribution >= 4 is 39.3 Å². The molecular formula is C13H11BrClNS. The summed E-state index contributed by atoms with van der Waals surface area (Å²) in [5.74, 6) is 0. The van der Waals surface area contributed by atoms with Crippen molar-refractivity contribution in [1.82, 2.24) is 0 Å². The van der Waals surface area contributed by atoms with Crippen molar-refractivity contribution in [2.45, 2.75) is 16.3 Å². The van der Waals surface area contributed by atoms with Crippen LogP contribution < -0.4 is 5.73 Å². The molecule has 0 bridgehead atoms. The van der Waals surface area contributed by atoms with Crippen LogP contribution in [0.1, 0.15) is 5.56 Å². The molecule has 2 aromatic rings. The molecule has 0 amide bonds. The largest absolute Gasteiger partial charge is 0.326 e. The lowest BCUT2D eigenvalue weighted by atomic mass is 10.2. The molecule has 1 nitrogen and oxygen atoms in total. The first-order valence-corrected chi connectivity index (χ1v) is 7.11. The maximum Gasteiger partial charge on any atom is 0.0545 e. The van der Waals surface area contributed by atoms with E-state index in [1.54, 1.807) is 11.8 Å². The minimum atomic E-state index is 0.508. The molecule has 0 aliphatic heterocycles. The van der Waals surface area contributed by atoms with Crippen molar-refractivity contribution in [2.75, 3.05) is 0 Å². The van der Waals surface area contributed by atoms with Crippen LogP contribution in [0.15, 0.2) is 56.7 Å². The van der Waals surface area contributed by atoms with Crippen LogP contribution in [0.5, 0.6) is 0 Å². The van der Waals surface area contributed by atoms with Gasteiger partial charge < -0.3 is 5.73 Å². The molecule has 4 heteroatoms. The van der Waals surface area contributed by atoms with E-state index in [0.29, 0.717) is 6.54 Å². The first kappa shape index (κ1) is 13.0. The van der Waals surface area contributed by atoms with Crippen molar-refractivity contribution in [3.05, 3.63) is 57.5 Å². The molecule has 2 aromatic carbocycles. The number of hydrogen-bond acceptors (Lipinski definition) is 2. The van der Waals surface area contributed by atoms with Gasteiger partial charge >= 0.3 is 0 Å². The summed E-state index contributed by atoms with van der Waals surface area (Å²) in [4.78, 5) is 2.18. The predicted octanol–water partition coefficient (Wildman–Crippen LogP) is 4.71. The third-order valence-electron chi connectivity index (χ3n) is 2.34. The van der Waals surface area contributed by atoms with Crippen LogP contribution in [0.25, 0.3) is 0 Å². The van der Waals surface area contributed by atoms with Crippen LogP contribution in [0, 0.1) is 0 Å². The van der Waals surface area contributed by atoms with E-state index in [0.717, 1.165) is 24.8 Å². The summed E-state index contributed by atoms with van der Waals surface area (Å²) < 4.78 is 1.04. The summed E-state index contributed by atoms with van der Waals surface area (Å²) in [5, 5.41) is 0.764. The monoisotopic (exact) mass is 327 g/mol. The van der Waals surface area contributed by atoms with E-state index in [1.807, 2.05) is 36.4 Å². The fourth-order valence-electron chi connectivity index (χ4n) is 1.48. The molecule has 0 saturated heterocycles. The SMILES string of the molecule is NCc1c(Br)cccc1Sc1ccccc1Cl. The first-order valence-electron chi connectivity index (χ1n) is 5.12. The van der Waals surface area contributed by atoms with Gasteiger partial charge in [0.1, 0.15) is 0 Å². The zero-order valence-electron chi connectivity index (χ0n) is 8.99. The van der Waals surface area contributed by atoms with Gasteiger partial charge in [-0.15, -0.1) is 0 Å². The average molecular weight is 329 g/mol. The average Bonchev–Trinajstić information content (AvgIpc) is 2.32. The quantitative estimate of drug-likeness (QED) is 0.883. The normalized spacial score (nSPS) is 10.5. The molecule has 0 spiro atoms. The summed E-state index contributed by atoms with van der Waals surface area (Å²) in [6, 6.07) is 13.9. The number of hydrogen-bond donors (Lipinski definition) is 1. The Morgan fingerprint density at radius 3 is 2.47 bits per heavy atom. The molecular weight excluding hydrogens is 318 g/mol. The molecule has 2 N–H and O–H groups in total. The number of halogens is 2. The van der Waals surface area contributed by atoms with Gasteiger partial charge in [0, 0.05) is 20.8 Å². The lowest BCUT2D eigenvalue weighted by Gasteiger charge is -2.10. The second-order valence-electron chi connectivity index (χ2n) is 3.45. The minimum Gasteiger partial charge on any atom is -0.326 e. The minimum absolute atomic E-state index is 0.508. The fourth-order valence-corrected chi connectivity index (χ4v) is 3.40. The summed E-state index contributed by atoms with van der Waals surface area (Å²) in [6.07, 6.45) is 0. The number of rotatable bonds is 3. The summed E-state index contributed by atoms with van der Waals surface area (Å²) >= 11 is 11.3. The molecule has 0 radical (unpaired) electrons. The van der Waals surface area contributed by atoms with Crippen molar-refractivity contribution in [3.8, 4) is 0 Å². The maximum absolute atomic E-state index is 6.15. The van der Waals surface area contributed by atoms with E-state index < -0.39 is 0 Å². The zero-order valence-corrected chi connectivity index (χ0v) is 12.1. The predicted molar refractivity (Wildman–Crippen MR) is 77.6 cm³/mol. The van der Waals surface area contributed by atoms with Gasteiger partial charge in [-0.2, -0.15) is 0 Å². The van der Waals surface area contributed by atoms with Crippen molar-refractivity contribution < 1.29 is 0 Å². The highest BCUT2D eigenvalue weighted by atomic mass is 79.9. The Morgan fingerprint density at radius 2 is 1.76 bits per heavy atom. The van der Waals surface area contributed by atoms with Crippen molar-refractivity contribution in [1.29, 1.82) is 0 Å². The fraction of sp³-hybridized carbons (Fsp3) is 0.0769. The third kappa shape index (κ3) is 3.05. The van der Waals surface area contributed by atoms with Gasteiger partial charge in [-0.25, -0.2) is 0 Å². The second kappa shape index (κ2) is 5.91. The molecule has 17 heavy (non-hydrogen) atoms. The number of nitrogens with two attached hydrogens (primary N) is 1. The second-order valence-corrected chi connectivity index (χ2v) is 5.80. The zero-order chi connectivity index (χ0) is 12.3. The molecule has 0 unspecified atom stereocenters. The van der Waals surface area contributed by atoms with Gasteiger partial charge in [0.25, 0.3) is 0 Å². The van der Waals surface area contributed by atoms with E-state index in [-0.39, 0.29) is 0 Å². The Kier molecular flexibility index (Phi) is 4.51. The Hall–Kier alpha value is -0.480. The summed E-state index contributed by atoms with van der Waals surface area (Å²) in [5.41, 5.74) is 6.88. The smallest absolute Gasteiger partial charge is 0.0545 e. The van der Waals surface area contributed by atoms with E-state index in [4.69, 9.17) is 17.3 Å². The highest BCUT2D eigenvalue weighted by Crippen LogP contribution is 2.36. The van der Waals surface area contributed by atoms with E-state index in [2.05, 4.69) is 22.0 Å². The van der Waals surface area contributed by atoms with E-state index >= 15 is 0 Å². The van der Waals surface area contributed by atoms with Crippen molar-refractivity contribution in [3.63, 3.8) is 0 Å². The molecule has 0 fully saturated rings. The van der Waals surface area contributed by atoms with Crippen LogP contribution >= 0.6 is 39.3 Å².